The molecule has 0 unspecified atom stereocenters. The van der Waals surface area contributed by atoms with Gasteiger partial charge in [0.05, 0.1) is 16.5 Å². The number of para-hydroxylation sites is 1. The molecule has 1 amide bonds. The molecule has 9 heteroatoms. The fourth-order valence-electron chi connectivity index (χ4n) is 3.08. The van der Waals surface area contributed by atoms with E-state index in [1.807, 2.05) is 0 Å². The summed E-state index contributed by atoms with van der Waals surface area (Å²) in [6.07, 6.45) is 2.51. The number of halogens is 1. The van der Waals surface area contributed by atoms with Crippen LogP contribution >= 0.6 is 11.8 Å². The van der Waals surface area contributed by atoms with Crippen LogP contribution in [-0.4, -0.2) is 27.0 Å². The van der Waals surface area contributed by atoms with Crippen molar-refractivity contribution in [3.05, 3.63) is 87.5 Å². The number of carbonyl (C=O) groups excluding carboxylic acids is 1. The summed E-state index contributed by atoms with van der Waals surface area (Å²) >= 11 is 0.999. The summed E-state index contributed by atoms with van der Waals surface area (Å²) in [7, 11) is 0. The van der Waals surface area contributed by atoms with E-state index in [2.05, 4.69) is 10.1 Å². The third-order valence-corrected chi connectivity index (χ3v) is 5.51. The van der Waals surface area contributed by atoms with Crippen molar-refractivity contribution >= 4 is 50.8 Å². The van der Waals surface area contributed by atoms with Crippen molar-refractivity contribution in [2.75, 3.05) is 0 Å². The van der Waals surface area contributed by atoms with E-state index >= 15 is 0 Å². The smallest absolute Gasteiger partial charge is 0.283 e. The molecule has 0 radical (unpaired) electrons. The van der Waals surface area contributed by atoms with Crippen molar-refractivity contribution in [1.82, 2.24) is 5.01 Å². The van der Waals surface area contributed by atoms with Crippen LogP contribution in [0, 0.1) is 11.2 Å². The third-order valence-electron chi connectivity index (χ3n) is 4.57. The molecule has 2 aliphatic heterocycles. The molecule has 0 saturated heterocycles. The number of benzene rings is 2. The lowest BCUT2D eigenvalue weighted by molar-refractivity contribution is -0.114. The molecule has 0 fully saturated rings. The Balaban J connectivity index is 1.56. The highest BCUT2D eigenvalue weighted by Crippen LogP contribution is 2.31. The van der Waals surface area contributed by atoms with Gasteiger partial charge < -0.3 is 4.42 Å². The minimum atomic E-state index is -0.684. The zero-order valence-corrected chi connectivity index (χ0v) is 15.9. The number of hydrogen-bond donors (Lipinski definition) is 1. The first-order valence-electron chi connectivity index (χ1n) is 8.78. The van der Waals surface area contributed by atoms with Gasteiger partial charge in [0.25, 0.3) is 5.91 Å². The highest BCUT2D eigenvalue weighted by atomic mass is 32.2. The van der Waals surface area contributed by atoms with E-state index in [9.17, 15) is 14.0 Å². The summed E-state index contributed by atoms with van der Waals surface area (Å²) < 4.78 is 19.6. The van der Waals surface area contributed by atoms with Crippen molar-refractivity contribution in [3.63, 3.8) is 0 Å². The minimum absolute atomic E-state index is 0.111. The summed E-state index contributed by atoms with van der Waals surface area (Å²) in [6, 6.07) is 12.8. The number of fused-ring (bicyclic) bond motifs is 2. The van der Waals surface area contributed by atoms with Crippen LogP contribution in [0.3, 0.4) is 0 Å². The van der Waals surface area contributed by atoms with E-state index in [1.165, 1.54) is 18.4 Å². The third kappa shape index (κ3) is 2.87. The van der Waals surface area contributed by atoms with Gasteiger partial charge in [-0.15, -0.1) is 0 Å². The van der Waals surface area contributed by atoms with Gasteiger partial charge in [-0.05, 0) is 42.1 Å². The molecule has 5 rings (SSSR count). The van der Waals surface area contributed by atoms with Gasteiger partial charge in [-0.1, -0.05) is 24.3 Å². The number of aliphatic imine (C=N–C) groups is 1. The number of nitrogens with one attached hydrogen (secondary N) is 1. The molecule has 1 aromatic heterocycles. The summed E-state index contributed by atoms with van der Waals surface area (Å²) in [6.45, 7) is 0. The van der Waals surface area contributed by atoms with Crippen LogP contribution in [-0.2, 0) is 4.79 Å². The first-order chi connectivity index (χ1) is 14.5. The van der Waals surface area contributed by atoms with Crippen molar-refractivity contribution in [2.24, 2.45) is 10.1 Å². The Morgan fingerprint density at radius 3 is 2.70 bits per heavy atom. The van der Waals surface area contributed by atoms with Crippen LogP contribution in [0.2, 0.25) is 0 Å². The Labute approximate surface area is 172 Å². The fourth-order valence-corrected chi connectivity index (χ4v) is 4.00. The number of carbonyl (C=O) groups is 1. The molecule has 30 heavy (non-hydrogen) atoms. The van der Waals surface area contributed by atoms with Crippen LogP contribution in [0.25, 0.3) is 17.0 Å². The number of nitrogens with zero attached hydrogens (tertiary/aromatic N) is 3. The molecular weight excluding hydrogens is 407 g/mol. The normalized spacial score (nSPS) is 17.4. The Bertz CT molecular complexity index is 1410. The number of amidine groups is 2. The Kier molecular flexibility index (Phi) is 4.18. The largest absolute Gasteiger partial charge is 0.463 e. The minimum Gasteiger partial charge on any atom is -0.463 e. The monoisotopic (exact) mass is 418 g/mol. The number of hydrogen-bond acceptors (Lipinski definition) is 6. The molecule has 3 heterocycles. The molecule has 3 aromatic rings. The molecule has 0 saturated carbocycles. The molecule has 0 bridgehead atoms. The summed E-state index contributed by atoms with van der Waals surface area (Å²) in [5, 5.41) is 14.6. The molecule has 2 aromatic carbocycles. The van der Waals surface area contributed by atoms with Gasteiger partial charge >= 0.3 is 0 Å². The summed E-state index contributed by atoms with van der Waals surface area (Å²) in [5.74, 6) is -1.40. The van der Waals surface area contributed by atoms with Gasteiger partial charge in [-0.3, -0.25) is 15.0 Å². The number of amides is 1. The quantitative estimate of drug-likeness (QED) is 0.641. The predicted molar refractivity (Wildman–Crippen MR) is 113 cm³/mol. The van der Waals surface area contributed by atoms with E-state index in [1.54, 1.807) is 42.5 Å². The van der Waals surface area contributed by atoms with Crippen LogP contribution in [0.4, 0.5) is 4.39 Å². The fraction of sp³-hybridized carbons (Fsp3) is 0. The van der Waals surface area contributed by atoms with Gasteiger partial charge in [-0.25, -0.2) is 4.39 Å². The second-order valence-corrected chi connectivity index (χ2v) is 7.38. The zero-order valence-electron chi connectivity index (χ0n) is 15.1. The average Bonchev–Trinajstić information content (AvgIpc) is 3.17. The topological polar surface area (TPSA) is 99.1 Å². The summed E-state index contributed by atoms with van der Waals surface area (Å²) in [4.78, 5) is 29.2. The van der Waals surface area contributed by atoms with E-state index in [0.717, 1.165) is 16.8 Å². The summed E-state index contributed by atoms with van der Waals surface area (Å²) in [5.41, 5.74) is 0.350. The van der Waals surface area contributed by atoms with Gasteiger partial charge in [0, 0.05) is 5.56 Å². The van der Waals surface area contributed by atoms with Crippen LogP contribution < -0.4 is 5.43 Å². The first-order valence-corrected chi connectivity index (χ1v) is 9.60. The Hall–Kier alpha value is -3.85. The average molecular weight is 418 g/mol. The SMILES string of the molecule is N=C1/C(=C\c2coc3ccccc3c2=O)C(=O)N=C2SC(c3ccccc3F)=NN12. The lowest BCUT2D eigenvalue weighted by Gasteiger charge is -2.20. The molecule has 0 aliphatic carbocycles. The maximum absolute atomic E-state index is 14.1. The molecule has 7 nitrogen and oxygen atoms in total. The number of thioether (sulfide) groups is 1. The van der Waals surface area contributed by atoms with Gasteiger partial charge in [0.15, 0.2) is 11.3 Å². The number of hydrazone groups is 1. The second-order valence-electron chi connectivity index (χ2n) is 6.42. The maximum atomic E-state index is 14.1. The Morgan fingerprint density at radius 1 is 1.10 bits per heavy atom. The van der Waals surface area contributed by atoms with E-state index in [0.29, 0.717) is 11.0 Å². The lowest BCUT2D eigenvalue weighted by Crippen LogP contribution is -2.35. The van der Waals surface area contributed by atoms with E-state index in [-0.39, 0.29) is 38.2 Å². The first kappa shape index (κ1) is 18.2. The molecule has 0 atom stereocenters. The van der Waals surface area contributed by atoms with Crippen LogP contribution in [0.5, 0.6) is 0 Å². The van der Waals surface area contributed by atoms with Gasteiger partial charge in [0.2, 0.25) is 5.17 Å². The van der Waals surface area contributed by atoms with Crippen LogP contribution in [0.15, 0.2) is 79.7 Å². The molecule has 0 spiro atoms. The van der Waals surface area contributed by atoms with Crippen molar-refractivity contribution in [2.45, 2.75) is 0 Å². The van der Waals surface area contributed by atoms with Crippen LogP contribution in [0.1, 0.15) is 11.1 Å². The van der Waals surface area contributed by atoms with Crippen molar-refractivity contribution in [3.8, 4) is 0 Å². The second kappa shape index (κ2) is 6.89. The lowest BCUT2D eigenvalue weighted by atomic mass is 10.1. The molecule has 146 valence electrons. The van der Waals surface area contributed by atoms with Crippen molar-refractivity contribution < 1.29 is 13.6 Å². The van der Waals surface area contributed by atoms with Gasteiger partial charge in [0.1, 0.15) is 22.7 Å². The molecular formula is C21H11FN4O3S. The Morgan fingerprint density at radius 2 is 1.87 bits per heavy atom. The molecule has 2 aliphatic rings. The zero-order chi connectivity index (χ0) is 20.8. The van der Waals surface area contributed by atoms with Gasteiger partial charge in [-0.2, -0.15) is 15.1 Å². The number of rotatable bonds is 2. The predicted octanol–water partition coefficient (Wildman–Crippen LogP) is 3.60. The molecule has 1 N–H and O–H groups in total. The maximum Gasteiger partial charge on any atom is 0.283 e. The highest BCUT2D eigenvalue weighted by Gasteiger charge is 2.36. The standard InChI is InChI=1S/C21H11FN4O3S/c22-15-7-3-1-5-12(15)20-25-26-18(23)14(19(28)24-21(26)30-20)9-11-10-29-16-8-4-2-6-13(16)17(11)27/h1-10,23H/b14-9+,23-18?. The van der Waals surface area contributed by atoms with E-state index < -0.39 is 11.7 Å². The van der Waals surface area contributed by atoms with E-state index in [4.69, 9.17) is 9.83 Å². The highest BCUT2D eigenvalue weighted by molar-refractivity contribution is 8.27. The van der Waals surface area contributed by atoms with Crippen molar-refractivity contribution in [1.29, 1.82) is 5.41 Å².